The van der Waals surface area contributed by atoms with E-state index in [1.165, 1.54) is 30.3 Å². The quantitative estimate of drug-likeness (QED) is 0.0750. The van der Waals surface area contributed by atoms with E-state index in [2.05, 4.69) is 30.0 Å². The lowest BCUT2D eigenvalue weighted by Gasteiger charge is -2.59. The Morgan fingerprint density at radius 3 is 2.34 bits per heavy atom. The van der Waals surface area contributed by atoms with Crippen molar-refractivity contribution in [3.63, 3.8) is 0 Å². The highest BCUT2D eigenvalue weighted by molar-refractivity contribution is 7.89. The third-order valence-electron chi connectivity index (χ3n) is 9.37. The van der Waals surface area contributed by atoms with Crippen molar-refractivity contribution >= 4 is 76.5 Å². The zero-order valence-electron chi connectivity index (χ0n) is 29.6. The van der Waals surface area contributed by atoms with E-state index in [1.54, 1.807) is 47.6 Å². The van der Waals surface area contributed by atoms with Crippen molar-refractivity contribution < 1.29 is 36.1 Å². The van der Waals surface area contributed by atoms with Gasteiger partial charge in [-0.2, -0.15) is 12.8 Å². The average molecular weight is 785 g/mol. The summed E-state index contributed by atoms with van der Waals surface area (Å²) in [6, 6.07) is 9.87. The third-order valence-corrected chi connectivity index (χ3v) is 12.5. The summed E-state index contributed by atoms with van der Waals surface area (Å²) in [6.07, 6.45) is 0.614. The summed E-state index contributed by atoms with van der Waals surface area (Å²) in [5, 5.41) is 39.8. The van der Waals surface area contributed by atoms with Crippen LogP contribution >= 0.6 is 11.5 Å². The van der Waals surface area contributed by atoms with Crippen LogP contribution in [0.1, 0.15) is 76.7 Å². The predicted molar refractivity (Wildman–Crippen MR) is 199 cm³/mol. The number of hydrogen-bond acceptors (Lipinski definition) is 13. The molecule has 3 aromatic carbocycles. The minimum atomic E-state index is -4.60. The summed E-state index contributed by atoms with van der Waals surface area (Å²) in [7, 11) is -8.65. The normalized spacial score (nSPS) is 18.9. The van der Waals surface area contributed by atoms with Crippen molar-refractivity contribution in [1.29, 1.82) is 0 Å². The van der Waals surface area contributed by atoms with Crippen molar-refractivity contribution in [1.82, 2.24) is 14.2 Å². The van der Waals surface area contributed by atoms with Crippen LogP contribution in [-0.2, 0) is 30.4 Å². The summed E-state index contributed by atoms with van der Waals surface area (Å²) in [5.74, 6) is -1.52. The highest BCUT2D eigenvalue weighted by Gasteiger charge is 2.42. The maximum atomic E-state index is 13.6. The van der Waals surface area contributed by atoms with E-state index in [0.717, 1.165) is 28.7 Å². The number of rotatable bonds is 8. The van der Waals surface area contributed by atoms with Crippen molar-refractivity contribution in [3.8, 4) is 5.75 Å². The van der Waals surface area contributed by atoms with Gasteiger partial charge >= 0.3 is 0 Å². The topological polar surface area (TPSA) is 243 Å². The minimum absolute atomic E-state index is 0.00624. The van der Waals surface area contributed by atoms with E-state index in [1.807, 2.05) is 0 Å². The Labute approximate surface area is 310 Å². The van der Waals surface area contributed by atoms with Gasteiger partial charge in [-0.05, 0) is 94.5 Å². The molecule has 3 heterocycles. The Morgan fingerprint density at radius 2 is 1.68 bits per heavy atom. The number of sulfonamides is 1. The van der Waals surface area contributed by atoms with Crippen molar-refractivity contribution in [2.75, 3.05) is 10.6 Å². The van der Waals surface area contributed by atoms with Gasteiger partial charge in [-0.25, -0.2) is 13.1 Å². The standard InChI is InChI=1S/C34H38N7O9S3/c1-32(2)17-26(42)36-28-24(14-25(29(43)27(28)32)35-30(44)18-8-7-9-21(12-18)53(48,49)50)37-38-31-22-13-20(10-11-23(22)39-51-31)52(46,47)40-19-15-33(3,4)41(45)34(5,6)16-19/h7-14,19,40,43H,15-17H2,1-6H3,(H,35,44)(H,36,42)(H,48,49,50)/q-1. The molecule has 2 amide bonds. The molecule has 16 nitrogen and oxygen atoms in total. The predicted octanol–water partition coefficient (Wildman–Crippen LogP) is 6.33. The highest BCUT2D eigenvalue weighted by Crippen LogP contribution is 2.51. The lowest BCUT2D eigenvalue weighted by molar-refractivity contribution is -0.117. The molecule has 0 unspecified atom stereocenters. The number of carbonyl (C=O) groups is 2. The van der Waals surface area contributed by atoms with Gasteiger partial charge in [-0.3, -0.25) is 14.1 Å². The Kier molecular flexibility index (Phi) is 9.54. The summed E-state index contributed by atoms with van der Waals surface area (Å²) in [4.78, 5) is 25.4. The smallest absolute Gasteiger partial charge is 0.294 e. The molecule has 19 heteroatoms. The van der Waals surface area contributed by atoms with Gasteiger partial charge in [-0.1, -0.05) is 19.9 Å². The Morgan fingerprint density at radius 1 is 1.00 bits per heavy atom. The molecule has 282 valence electrons. The number of azo groups is 1. The Hall–Kier alpha value is -4.37. The van der Waals surface area contributed by atoms with Gasteiger partial charge in [0.2, 0.25) is 15.9 Å². The molecule has 1 saturated heterocycles. The van der Waals surface area contributed by atoms with Gasteiger partial charge in [0.05, 0.1) is 26.7 Å². The molecule has 6 rings (SSSR count). The van der Waals surface area contributed by atoms with Crippen LogP contribution in [0.3, 0.4) is 0 Å². The van der Waals surface area contributed by atoms with Crippen molar-refractivity contribution in [2.24, 2.45) is 10.2 Å². The molecule has 0 saturated carbocycles. The van der Waals surface area contributed by atoms with Gasteiger partial charge < -0.3 is 26.0 Å². The lowest BCUT2D eigenvalue weighted by Crippen LogP contribution is -2.61. The number of hydrogen-bond donors (Lipinski definition) is 5. The molecular weight excluding hydrogens is 747 g/mol. The van der Waals surface area contributed by atoms with Crippen LogP contribution in [0.4, 0.5) is 22.1 Å². The first-order valence-corrected chi connectivity index (χ1v) is 20.1. The first-order chi connectivity index (χ1) is 24.5. The number of nitrogens with one attached hydrogen (secondary N) is 3. The average Bonchev–Trinajstić information content (AvgIpc) is 3.45. The molecule has 0 atom stereocenters. The van der Waals surface area contributed by atoms with E-state index in [-0.39, 0.29) is 56.2 Å². The second kappa shape index (κ2) is 13.2. The number of phenolic OH excluding ortho intramolecular Hbond substituents is 1. The second-order valence-electron chi connectivity index (χ2n) is 15.1. The van der Waals surface area contributed by atoms with Gasteiger partial charge in [0.1, 0.15) is 11.4 Å². The molecule has 0 radical (unpaired) electrons. The molecule has 2 aliphatic rings. The number of amides is 2. The maximum Gasteiger partial charge on any atom is 0.294 e. The molecule has 5 N–H and O–H groups in total. The van der Waals surface area contributed by atoms with Gasteiger partial charge in [0.25, 0.3) is 16.0 Å². The van der Waals surface area contributed by atoms with Gasteiger partial charge in [0, 0.05) is 45.5 Å². The number of aromatic nitrogens is 1. The van der Waals surface area contributed by atoms with Crippen LogP contribution in [0, 0.1) is 5.21 Å². The van der Waals surface area contributed by atoms with E-state index in [0.29, 0.717) is 23.7 Å². The number of aromatic hydroxyl groups is 1. The number of piperidine rings is 1. The maximum absolute atomic E-state index is 13.6. The molecule has 53 heavy (non-hydrogen) atoms. The number of anilines is 2. The Balaban J connectivity index is 1.36. The zero-order chi connectivity index (χ0) is 38.9. The van der Waals surface area contributed by atoms with Crippen LogP contribution in [-0.4, -0.2) is 64.9 Å². The summed E-state index contributed by atoms with van der Waals surface area (Å²) in [6.45, 7) is 10.6. The molecule has 0 bridgehead atoms. The SMILES string of the molecule is CC1(C)CC(=O)Nc2c(N=Nc3snc4ccc(S(=O)(=O)NC5CC(C)(C)N([O-])C(C)(C)C5)cc34)cc(NC(=O)c3cccc(S(=O)(=O)O)c3)c(O)c21. The number of benzene rings is 3. The highest BCUT2D eigenvalue weighted by atomic mass is 32.2. The van der Waals surface area contributed by atoms with Crippen molar-refractivity contribution in [2.45, 2.75) is 93.1 Å². The molecule has 1 fully saturated rings. The van der Waals surface area contributed by atoms with Crippen LogP contribution in [0.15, 0.2) is 68.6 Å². The number of hydroxylamine groups is 2. The number of nitrogens with zero attached hydrogens (tertiary/aromatic N) is 4. The fourth-order valence-corrected chi connectivity index (χ4v) is 9.64. The fraction of sp³-hybridized carbons (Fsp3) is 0.382. The first-order valence-electron chi connectivity index (χ1n) is 16.4. The van der Waals surface area contributed by atoms with E-state index in [9.17, 15) is 41.3 Å². The number of fused-ring (bicyclic) bond motifs is 2. The van der Waals surface area contributed by atoms with Crippen LogP contribution in [0.25, 0.3) is 10.9 Å². The lowest BCUT2D eigenvalue weighted by atomic mass is 9.76. The molecule has 2 aliphatic heterocycles. The largest absolute Gasteiger partial charge is 0.784 e. The molecule has 1 aromatic heterocycles. The Bertz CT molecular complexity index is 2410. The second-order valence-corrected chi connectivity index (χ2v) is 19.0. The van der Waals surface area contributed by atoms with E-state index < -0.39 is 53.5 Å². The summed E-state index contributed by atoms with van der Waals surface area (Å²) in [5.41, 5.74) is -1.85. The molecule has 0 aliphatic carbocycles. The summed E-state index contributed by atoms with van der Waals surface area (Å²) < 4.78 is 67.1. The van der Waals surface area contributed by atoms with Crippen LogP contribution < -0.4 is 15.4 Å². The zero-order valence-corrected chi connectivity index (χ0v) is 32.0. The number of phenols is 1. The van der Waals surface area contributed by atoms with Gasteiger partial charge in [-0.15, -0.1) is 10.2 Å². The van der Waals surface area contributed by atoms with Crippen LogP contribution in [0.5, 0.6) is 5.75 Å². The van der Waals surface area contributed by atoms with Crippen LogP contribution in [0.2, 0.25) is 0 Å². The van der Waals surface area contributed by atoms with Gasteiger partial charge in [0.15, 0.2) is 5.00 Å². The molecule has 0 spiro atoms. The monoisotopic (exact) mass is 784 g/mol. The minimum Gasteiger partial charge on any atom is -0.784 e. The van der Waals surface area contributed by atoms with E-state index >= 15 is 0 Å². The van der Waals surface area contributed by atoms with E-state index in [4.69, 9.17) is 0 Å². The first kappa shape index (κ1) is 38.4. The molecule has 4 aromatic rings. The number of carbonyl (C=O) groups excluding carboxylic acids is 2. The van der Waals surface area contributed by atoms with Crippen molar-refractivity contribution in [3.05, 3.63) is 64.9 Å². The fourth-order valence-electron chi connectivity index (χ4n) is 7.16. The summed E-state index contributed by atoms with van der Waals surface area (Å²) >= 11 is 0.951. The third kappa shape index (κ3) is 7.55. The molecular formula is C34H38N7O9S3-.